The van der Waals surface area contributed by atoms with Gasteiger partial charge in [0.2, 0.25) is 0 Å². The minimum atomic E-state index is -1.25. The fraction of sp³-hybridized carbons (Fsp3) is 0.500. The lowest BCUT2D eigenvalue weighted by Crippen LogP contribution is -2.38. The molecule has 1 aromatic carbocycles. The van der Waals surface area contributed by atoms with Gasteiger partial charge in [0.25, 0.3) is 0 Å². The fourth-order valence-electron chi connectivity index (χ4n) is 1.33. The van der Waals surface area contributed by atoms with E-state index in [1.54, 1.807) is 6.07 Å². The first-order chi connectivity index (χ1) is 8.24. The Balaban J connectivity index is 2.93. The SMILES string of the molecule is CC(C)(C)[S@@](=O)N[C@H](CN)c1cc(F)cc(Br)c1. The number of nitrogens with two attached hydrogens (primary N) is 1. The Bertz CT molecular complexity index is 428. The number of halogens is 2. The number of rotatable bonds is 4. The standard InChI is InChI=1S/C12H18BrFN2OS/c1-12(2,3)18(17)16-11(7-15)8-4-9(13)6-10(14)5-8/h4-6,11,16H,7,15H2,1-3H3/t11-,18-/m1/s1. The van der Waals surface area contributed by atoms with Crippen molar-refractivity contribution in [3.05, 3.63) is 34.1 Å². The number of benzene rings is 1. The first-order valence-corrected chi connectivity index (χ1v) is 7.52. The highest BCUT2D eigenvalue weighted by molar-refractivity contribution is 9.10. The van der Waals surface area contributed by atoms with E-state index in [0.29, 0.717) is 10.0 Å². The molecule has 0 amide bonds. The highest BCUT2D eigenvalue weighted by Crippen LogP contribution is 2.21. The molecule has 1 aromatic rings. The molecule has 2 atom stereocenters. The first-order valence-electron chi connectivity index (χ1n) is 5.58. The molecule has 0 aliphatic rings. The smallest absolute Gasteiger partial charge is 0.124 e. The van der Waals surface area contributed by atoms with E-state index in [4.69, 9.17) is 5.73 Å². The highest BCUT2D eigenvalue weighted by atomic mass is 79.9. The summed E-state index contributed by atoms with van der Waals surface area (Å²) in [6.07, 6.45) is 0. The Morgan fingerprint density at radius 3 is 2.50 bits per heavy atom. The Morgan fingerprint density at radius 2 is 2.06 bits per heavy atom. The Morgan fingerprint density at radius 1 is 1.44 bits per heavy atom. The zero-order valence-corrected chi connectivity index (χ0v) is 13.1. The van der Waals surface area contributed by atoms with Crippen LogP contribution in [0.15, 0.2) is 22.7 Å². The van der Waals surface area contributed by atoms with Crippen molar-refractivity contribution in [2.24, 2.45) is 5.73 Å². The van der Waals surface area contributed by atoms with Gasteiger partial charge in [-0.1, -0.05) is 15.9 Å². The summed E-state index contributed by atoms with van der Waals surface area (Å²) in [5.41, 5.74) is 6.34. The molecule has 0 aliphatic carbocycles. The molecule has 0 unspecified atom stereocenters. The summed E-state index contributed by atoms with van der Waals surface area (Å²) < 4.78 is 28.5. The summed E-state index contributed by atoms with van der Waals surface area (Å²) in [7, 11) is -1.25. The van der Waals surface area contributed by atoms with Crippen molar-refractivity contribution < 1.29 is 8.60 Å². The first kappa shape index (κ1) is 15.8. The van der Waals surface area contributed by atoms with Crippen LogP contribution in [0.5, 0.6) is 0 Å². The zero-order chi connectivity index (χ0) is 13.9. The van der Waals surface area contributed by atoms with Crippen molar-refractivity contribution in [3.63, 3.8) is 0 Å². The third-order valence-electron chi connectivity index (χ3n) is 2.33. The van der Waals surface area contributed by atoms with E-state index < -0.39 is 15.7 Å². The van der Waals surface area contributed by atoms with Gasteiger partial charge in [-0.2, -0.15) is 0 Å². The molecule has 6 heteroatoms. The van der Waals surface area contributed by atoms with Crippen LogP contribution in [-0.4, -0.2) is 15.5 Å². The summed E-state index contributed by atoms with van der Waals surface area (Å²) in [4.78, 5) is 0. The van der Waals surface area contributed by atoms with Crippen LogP contribution in [-0.2, 0) is 11.0 Å². The van der Waals surface area contributed by atoms with Crippen LogP contribution >= 0.6 is 15.9 Å². The molecule has 3 nitrogen and oxygen atoms in total. The lowest BCUT2D eigenvalue weighted by atomic mass is 10.1. The van der Waals surface area contributed by atoms with E-state index in [0.717, 1.165) is 0 Å². The molecule has 102 valence electrons. The lowest BCUT2D eigenvalue weighted by molar-refractivity contribution is 0.592. The summed E-state index contributed by atoms with van der Waals surface area (Å²) in [5, 5.41) is 0. The third kappa shape index (κ3) is 4.42. The Labute approximate surface area is 118 Å². The molecule has 3 N–H and O–H groups in total. The minimum Gasteiger partial charge on any atom is -0.329 e. The second-order valence-corrected chi connectivity index (χ2v) is 7.90. The van der Waals surface area contributed by atoms with Crippen molar-refractivity contribution in [3.8, 4) is 0 Å². The molecular weight excluding hydrogens is 319 g/mol. The van der Waals surface area contributed by atoms with Crippen LogP contribution in [0.1, 0.15) is 32.4 Å². The van der Waals surface area contributed by atoms with Crippen molar-refractivity contribution in [2.75, 3.05) is 6.54 Å². The van der Waals surface area contributed by atoms with Gasteiger partial charge in [-0.15, -0.1) is 0 Å². The maximum atomic E-state index is 13.3. The number of hydrogen-bond donors (Lipinski definition) is 2. The van der Waals surface area contributed by atoms with Gasteiger partial charge in [-0.05, 0) is 44.5 Å². The monoisotopic (exact) mass is 336 g/mol. The number of nitrogens with one attached hydrogen (secondary N) is 1. The van der Waals surface area contributed by atoms with Crippen LogP contribution in [0.3, 0.4) is 0 Å². The molecular formula is C12H18BrFN2OS. The van der Waals surface area contributed by atoms with Gasteiger partial charge in [-0.3, -0.25) is 0 Å². The highest BCUT2D eigenvalue weighted by Gasteiger charge is 2.23. The molecule has 0 radical (unpaired) electrons. The summed E-state index contributed by atoms with van der Waals surface area (Å²) >= 11 is 3.23. The quantitative estimate of drug-likeness (QED) is 0.887. The van der Waals surface area contributed by atoms with Crippen LogP contribution in [0.2, 0.25) is 0 Å². The van der Waals surface area contributed by atoms with E-state index in [-0.39, 0.29) is 18.4 Å². The largest absolute Gasteiger partial charge is 0.329 e. The van der Waals surface area contributed by atoms with E-state index in [1.807, 2.05) is 20.8 Å². The molecule has 0 fully saturated rings. The molecule has 0 bridgehead atoms. The average Bonchev–Trinajstić information content (AvgIpc) is 2.22. The van der Waals surface area contributed by atoms with Gasteiger partial charge in [0.1, 0.15) is 5.82 Å². The molecule has 0 spiro atoms. The second-order valence-electron chi connectivity index (χ2n) is 4.99. The van der Waals surface area contributed by atoms with E-state index in [9.17, 15) is 8.60 Å². The molecule has 0 saturated carbocycles. The van der Waals surface area contributed by atoms with Crippen molar-refractivity contribution in [1.29, 1.82) is 0 Å². The summed E-state index contributed by atoms with van der Waals surface area (Å²) in [5.74, 6) is -0.346. The van der Waals surface area contributed by atoms with Crippen LogP contribution in [0.4, 0.5) is 4.39 Å². The fourth-order valence-corrected chi connectivity index (χ4v) is 2.66. The number of hydrogen-bond acceptors (Lipinski definition) is 2. The summed E-state index contributed by atoms with van der Waals surface area (Å²) in [6.45, 7) is 5.85. The molecule has 0 aromatic heterocycles. The van der Waals surface area contributed by atoms with E-state index in [1.165, 1.54) is 12.1 Å². The van der Waals surface area contributed by atoms with Crippen LogP contribution in [0.25, 0.3) is 0 Å². The molecule has 18 heavy (non-hydrogen) atoms. The van der Waals surface area contributed by atoms with Gasteiger partial charge < -0.3 is 5.73 Å². The maximum absolute atomic E-state index is 13.3. The van der Waals surface area contributed by atoms with Gasteiger partial charge in [-0.25, -0.2) is 13.3 Å². The Hall–Kier alpha value is -0.300. The van der Waals surface area contributed by atoms with Gasteiger partial charge in [0.15, 0.2) is 0 Å². The van der Waals surface area contributed by atoms with E-state index in [2.05, 4.69) is 20.7 Å². The molecule has 1 rings (SSSR count). The van der Waals surface area contributed by atoms with Crippen molar-refractivity contribution in [1.82, 2.24) is 4.72 Å². The molecule has 0 heterocycles. The van der Waals surface area contributed by atoms with Crippen LogP contribution in [0, 0.1) is 5.82 Å². The third-order valence-corrected chi connectivity index (χ3v) is 4.40. The Kier molecular flexibility index (Phi) is 5.46. The van der Waals surface area contributed by atoms with Gasteiger partial charge >= 0.3 is 0 Å². The van der Waals surface area contributed by atoms with E-state index >= 15 is 0 Å². The maximum Gasteiger partial charge on any atom is 0.124 e. The van der Waals surface area contributed by atoms with Gasteiger partial charge in [0, 0.05) is 11.0 Å². The molecule has 0 aliphatic heterocycles. The van der Waals surface area contributed by atoms with Crippen molar-refractivity contribution >= 4 is 26.9 Å². The predicted octanol–water partition coefficient (Wildman–Crippen LogP) is 2.64. The average molecular weight is 337 g/mol. The normalized spacial score (nSPS) is 15.4. The minimum absolute atomic E-state index is 0.248. The van der Waals surface area contributed by atoms with Crippen LogP contribution < -0.4 is 10.5 Å². The predicted molar refractivity (Wildman–Crippen MR) is 76.9 cm³/mol. The lowest BCUT2D eigenvalue weighted by Gasteiger charge is -2.23. The van der Waals surface area contributed by atoms with Gasteiger partial charge in [0.05, 0.1) is 21.8 Å². The second kappa shape index (κ2) is 6.23. The van der Waals surface area contributed by atoms with Crippen molar-refractivity contribution in [2.45, 2.75) is 31.6 Å². The topological polar surface area (TPSA) is 55.1 Å². The summed E-state index contributed by atoms with van der Waals surface area (Å²) in [6, 6.07) is 4.21. The molecule has 0 saturated heterocycles. The zero-order valence-electron chi connectivity index (χ0n) is 10.7.